The number of rotatable bonds is 9. The third kappa shape index (κ3) is 6.09. The van der Waals surface area contributed by atoms with E-state index < -0.39 is 0 Å². The van der Waals surface area contributed by atoms with Gasteiger partial charge in [-0.25, -0.2) is 0 Å². The smallest absolute Gasteiger partial charge is 0.255 e. The van der Waals surface area contributed by atoms with Crippen LogP contribution in [0.2, 0.25) is 0 Å². The van der Waals surface area contributed by atoms with Crippen molar-refractivity contribution in [2.75, 3.05) is 18.5 Å². The van der Waals surface area contributed by atoms with Gasteiger partial charge in [0.1, 0.15) is 11.5 Å². The summed E-state index contributed by atoms with van der Waals surface area (Å²) in [5, 5.41) is 2.90. The number of hydrogen-bond acceptors (Lipinski definition) is 3. The SMILES string of the molecule is CCCCOc1cccc(NC(=O)c2ccc(OCCC)c(Br)c2)c1. The van der Waals surface area contributed by atoms with E-state index in [4.69, 9.17) is 9.47 Å². The van der Waals surface area contributed by atoms with Gasteiger partial charge in [0.2, 0.25) is 0 Å². The average Bonchev–Trinajstić information content (AvgIpc) is 2.61. The molecule has 0 bridgehead atoms. The lowest BCUT2D eigenvalue weighted by Crippen LogP contribution is -2.12. The van der Waals surface area contributed by atoms with E-state index in [1.807, 2.05) is 24.3 Å². The van der Waals surface area contributed by atoms with Crippen LogP contribution in [0, 0.1) is 0 Å². The monoisotopic (exact) mass is 405 g/mol. The molecule has 2 rings (SSSR count). The van der Waals surface area contributed by atoms with Crippen molar-refractivity contribution < 1.29 is 14.3 Å². The highest BCUT2D eigenvalue weighted by Crippen LogP contribution is 2.27. The lowest BCUT2D eigenvalue weighted by Gasteiger charge is -2.11. The Kier molecular flexibility index (Phi) is 7.79. The van der Waals surface area contributed by atoms with E-state index in [2.05, 4.69) is 35.1 Å². The summed E-state index contributed by atoms with van der Waals surface area (Å²) in [4.78, 5) is 12.4. The summed E-state index contributed by atoms with van der Waals surface area (Å²) in [6.07, 6.45) is 3.03. The molecule has 0 saturated carbocycles. The second kappa shape index (κ2) is 10.1. The van der Waals surface area contributed by atoms with Crippen molar-refractivity contribution in [3.63, 3.8) is 0 Å². The van der Waals surface area contributed by atoms with Crippen LogP contribution in [-0.4, -0.2) is 19.1 Å². The maximum absolute atomic E-state index is 12.4. The van der Waals surface area contributed by atoms with Crippen molar-refractivity contribution in [1.82, 2.24) is 0 Å². The average molecular weight is 406 g/mol. The summed E-state index contributed by atoms with van der Waals surface area (Å²) in [6.45, 7) is 5.50. The van der Waals surface area contributed by atoms with E-state index in [1.54, 1.807) is 18.2 Å². The molecule has 1 amide bonds. The molecule has 25 heavy (non-hydrogen) atoms. The molecule has 0 spiro atoms. The first kappa shape index (κ1) is 19.3. The third-order valence-corrected chi connectivity index (χ3v) is 4.13. The lowest BCUT2D eigenvalue weighted by molar-refractivity contribution is 0.102. The molecule has 0 saturated heterocycles. The first-order valence-corrected chi connectivity index (χ1v) is 9.40. The number of nitrogens with one attached hydrogen (secondary N) is 1. The van der Waals surface area contributed by atoms with Crippen LogP contribution in [0.3, 0.4) is 0 Å². The quantitative estimate of drug-likeness (QED) is 0.546. The molecule has 2 aromatic carbocycles. The van der Waals surface area contributed by atoms with Crippen molar-refractivity contribution in [2.45, 2.75) is 33.1 Å². The van der Waals surface area contributed by atoms with Gasteiger partial charge in [-0.2, -0.15) is 0 Å². The topological polar surface area (TPSA) is 47.6 Å². The first-order chi connectivity index (χ1) is 12.1. The predicted molar refractivity (Wildman–Crippen MR) is 105 cm³/mol. The largest absolute Gasteiger partial charge is 0.494 e. The zero-order valence-corrected chi connectivity index (χ0v) is 16.3. The van der Waals surface area contributed by atoms with Crippen LogP contribution in [0.25, 0.3) is 0 Å². The highest BCUT2D eigenvalue weighted by molar-refractivity contribution is 9.10. The molecule has 0 aliphatic rings. The van der Waals surface area contributed by atoms with E-state index in [0.717, 1.165) is 35.2 Å². The lowest BCUT2D eigenvalue weighted by atomic mass is 10.2. The number of carbonyl (C=O) groups is 1. The van der Waals surface area contributed by atoms with E-state index in [1.165, 1.54) is 0 Å². The molecule has 0 atom stereocenters. The van der Waals surface area contributed by atoms with Gasteiger partial charge in [0.05, 0.1) is 17.7 Å². The number of benzene rings is 2. The summed E-state index contributed by atoms with van der Waals surface area (Å²) in [5.74, 6) is 1.33. The summed E-state index contributed by atoms with van der Waals surface area (Å²) in [5.41, 5.74) is 1.27. The minimum atomic E-state index is -0.173. The van der Waals surface area contributed by atoms with Gasteiger partial charge >= 0.3 is 0 Å². The standard InChI is InChI=1S/C20H24BrNO3/c1-3-5-12-24-17-8-6-7-16(14-17)22-20(23)15-9-10-19(18(21)13-15)25-11-4-2/h6-10,13-14H,3-5,11-12H2,1-2H3,(H,22,23). The molecule has 0 radical (unpaired) electrons. The van der Waals surface area contributed by atoms with Gasteiger partial charge in [0.25, 0.3) is 5.91 Å². The second-order valence-electron chi connectivity index (χ2n) is 5.68. The zero-order chi connectivity index (χ0) is 18.1. The van der Waals surface area contributed by atoms with Gasteiger partial charge in [0.15, 0.2) is 0 Å². The van der Waals surface area contributed by atoms with Crippen molar-refractivity contribution in [1.29, 1.82) is 0 Å². The Bertz CT molecular complexity index is 703. The number of unbranched alkanes of at least 4 members (excludes halogenated alkanes) is 1. The molecule has 0 unspecified atom stereocenters. The predicted octanol–water partition coefficient (Wildman–Crippen LogP) is 5.67. The summed E-state index contributed by atoms with van der Waals surface area (Å²) in [6, 6.07) is 12.8. The van der Waals surface area contributed by atoms with Crippen LogP contribution in [0.5, 0.6) is 11.5 Å². The van der Waals surface area contributed by atoms with Gasteiger partial charge in [-0.3, -0.25) is 4.79 Å². The van der Waals surface area contributed by atoms with Crippen LogP contribution >= 0.6 is 15.9 Å². The minimum absolute atomic E-state index is 0.173. The molecule has 0 aliphatic heterocycles. The summed E-state index contributed by atoms with van der Waals surface area (Å²) < 4.78 is 12.0. The van der Waals surface area contributed by atoms with E-state index in [9.17, 15) is 4.79 Å². The summed E-state index contributed by atoms with van der Waals surface area (Å²) >= 11 is 3.45. The Morgan fingerprint density at radius 1 is 1.04 bits per heavy atom. The molecule has 134 valence electrons. The van der Waals surface area contributed by atoms with E-state index >= 15 is 0 Å². The van der Waals surface area contributed by atoms with Gasteiger partial charge < -0.3 is 14.8 Å². The molecular weight excluding hydrogens is 382 g/mol. The number of hydrogen-bond donors (Lipinski definition) is 1. The van der Waals surface area contributed by atoms with Crippen LogP contribution in [-0.2, 0) is 0 Å². The highest BCUT2D eigenvalue weighted by Gasteiger charge is 2.10. The Morgan fingerprint density at radius 3 is 2.60 bits per heavy atom. The van der Waals surface area contributed by atoms with Crippen LogP contribution in [0.1, 0.15) is 43.5 Å². The van der Waals surface area contributed by atoms with Crippen molar-refractivity contribution >= 4 is 27.5 Å². The molecule has 0 fully saturated rings. The molecule has 1 N–H and O–H groups in total. The number of carbonyl (C=O) groups excluding carboxylic acids is 1. The van der Waals surface area contributed by atoms with Gasteiger partial charge in [-0.1, -0.05) is 26.3 Å². The maximum atomic E-state index is 12.4. The molecular formula is C20H24BrNO3. The third-order valence-electron chi connectivity index (χ3n) is 3.51. The highest BCUT2D eigenvalue weighted by atomic mass is 79.9. The molecule has 0 heterocycles. The molecule has 5 heteroatoms. The van der Waals surface area contributed by atoms with Crippen molar-refractivity contribution in [3.8, 4) is 11.5 Å². The Hall–Kier alpha value is -2.01. The van der Waals surface area contributed by atoms with Crippen molar-refractivity contribution in [3.05, 3.63) is 52.5 Å². The Labute approximate surface area is 157 Å². The van der Waals surface area contributed by atoms with Crippen LogP contribution in [0.15, 0.2) is 46.9 Å². The normalized spacial score (nSPS) is 10.4. The number of halogens is 1. The number of anilines is 1. The van der Waals surface area contributed by atoms with E-state index in [-0.39, 0.29) is 5.91 Å². The van der Waals surface area contributed by atoms with Crippen LogP contribution in [0.4, 0.5) is 5.69 Å². The minimum Gasteiger partial charge on any atom is -0.494 e. The van der Waals surface area contributed by atoms with Gasteiger partial charge in [0, 0.05) is 17.3 Å². The van der Waals surface area contributed by atoms with E-state index in [0.29, 0.717) is 24.5 Å². The maximum Gasteiger partial charge on any atom is 0.255 e. The fraction of sp³-hybridized carbons (Fsp3) is 0.350. The molecule has 2 aromatic rings. The Balaban J connectivity index is 2.01. The molecule has 0 aromatic heterocycles. The zero-order valence-electron chi connectivity index (χ0n) is 14.7. The fourth-order valence-corrected chi connectivity index (χ4v) is 2.67. The fourth-order valence-electron chi connectivity index (χ4n) is 2.17. The van der Waals surface area contributed by atoms with Crippen molar-refractivity contribution in [2.24, 2.45) is 0 Å². The molecule has 4 nitrogen and oxygen atoms in total. The van der Waals surface area contributed by atoms with Crippen LogP contribution < -0.4 is 14.8 Å². The second-order valence-corrected chi connectivity index (χ2v) is 6.53. The number of ether oxygens (including phenoxy) is 2. The Morgan fingerprint density at radius 2 is 1.88 bits per heavy atom. The molecule has 0 aliphatic carbocycles. The summed E-state index contributed by atoms with van der Waals surface area (Å²) in [7, 11) is 0. The number of amides is 1. The van der Waals surface area contributed by atoms with Gasteiger partial charge in [-0.05, 0) is 59.1 Å². The first-order valence-electron chi connectivity index (χ1n) is 8.60. The van der Waals surface area contributed by atoms with Gasteiger partial charge in [-0.15, -0.1) is 0 Å².